The summed E-state index contributed by atoms with van der Waals surface area (Å²) in [5.74, 6) is -0.834. The van der Waals surface area contributed by atoms with Crippen molar-refractivity contribution in [2.75, 3.05) is 0 Å². The van der Waals surface area contributed by atoms with Crippen LogP contribution in [0.2, 0.25) is 0 Å². The second-order valence-electron chi connectivity index (χ2n) is 5.12. The molecule has 2 aromatic heterocycles. The lowest BCUT2D eigenvalue weighted by molar-refractivity contribution is 0.0702. The zero-order valence-electron chi connectivity index (χ0n) is 11.4. The summed E-state index contributed by atoms with van der Waals surface area (Å²) in [5.41, 5.74) is 2.63. The highest BCUT2D eigenvalue weighted by Gasteiger charge is 2.15. The van der Waals surface area contributed by atoms with Crippen LogP contribution in [0.5, 0.6) is 0 Å². The number of rotatable bonds is 5. The van der Waals surface area contributed by atoms with Crippen molar-refractivity contribution in [3.8, 4) is 0 Å². The van der Waals surface area contributed by atoms with Crippen molar-refractivity contribution >= 4 is 28.6 Å². The number of thiophene rings is 2. The molecule has 0 aliphatic heterocycles. The van der Waals surface area contributed by atoms with E-state index in [-0.39, 0.29) is 0 Å². The molecule has 0 amide bonds. The van der Waals surface area contributed by atoms with E-state index in [0.29, 0.717) is 4.88 Å². The average molecular weight is 307 g/mol. The third kappa shape index (κ3) is 2.80. The number of carboxylic acids is 1. The van der Waals surface area contributed by atoms with Gasteiger partial charge in [-0.2, -0.15) is 0 Å². The number of aromatic carboxylic acids is 1. The van der Waals surface area contributed by atoms with E-state index in [1.54, 1.807) is 10.9 Å². The first-order chi connectivity index (χ1) is 9.63. The molecule has 2 heterocycles. The molecule has 0 saturated carbocycles. The maximum atomic E-state index is 10.9. The Kier molecular flexibility index (Phi) is 3.92. The first kappa shape index (κ1) is 13.8. The quantitative estimate of drug-likeness (QED) is 0.887. The molecular formula is C15H17NO2S2. The van der Waals surface area contributed by atoms with E-state index in [0.717, 1.165) is 23.5 Å². The molecule has 20 heavy (non-hydrogen) atoms. The third-order valence-corrected chi connectivity index (χ3v) is 5.96. The Balaban J connectivity index is 1.58. The molecule has 0 aromatic carbocycles. The van der Waals surface area contributed by atoms with Crippen molar-refractivity contribution in [2.24, 2.45) is 0 Å². The van der Waals surface area contributed by atoms with Gasteiger partial charge in [-0.15, -0.1) is 22.7 Å². The fourth-order valence-electron chi connectivity index (χ4n) is 2.60. The molecule has 1 aliphatic rings. The SMILES string of the molecule is Cc1sc(C(=O)O)cc1CNCc1cc2c(s1)CCC2. The minimum atomic E-state index is -0.834. The van der Waals surface area contributed by atoms with Crippen LogP contribution < -0.4 is 5.32 Å². The fraction of sp³-hybridized carbons (Fsp3) is 0.400. The van der Waals surface area contributed by atoms with Gasteiger partial charge >= 0.3 is 5.97 Å². The lowest BCUT2D eigenvalue weighted by Crippen LogP contribution is -2.11. The van der Waals surface area contributed by atoms with E-state index in [1.165, 1.54) is 41.0 Å². The van der Waals surface area contributed by atoms with Crippen molar-refractivity contribution in [3.05, 3.63) is 42.8 Å². The summed E-state index contributed by atoms with van der Waals surface area (Å²) >= 11 is 3.27. The minimum absolute atomic E-state index is 0.425. The third-order valence-electron chi connectivity index (χ3n) is 3.64. The Morgan fingerprint density at radius 2 is 2.15 bits per heavy atom. The average Bonchev–Trinajstić information content (AvgIpc) is 3.04. The Morgan fingerprint density at radius 1 is 1.30 bits per heavy atom. The molecule has 2 aromatic rings. The molecule has 1 aliphatic carbocycles. The van der Waals surface area contributed by atoms with E-state index in [4.69, 9.17) is 5.11 Å². The van der Waals surface area contributed by atoms with Crippen LogP contribution in [0.25, 0.3) is 0 Å². The first-order valence-corrected chi connectivity index (χ1v) is 8.40. The lowest BCUT2D eigenvalue weighted by atomic mass is 10.2. The van der Waals surface area contributed by atoms with Crippen molar-refractivity contribution in [1.82, 2.24) is 5.32 Å². The number of hydrogen-bond acceptors (Lipinski definition) is 4. The van der Waals surface area contributed by atoms with Crippen LogP contribution in [0.1, 0.15) is 41.9 Å². The van der Waals surface area contributed by atoms with Gasteiger partial charge in [0, 0.05) is 27.7 Å². The maximum absolute atomic E-state index is 10.9. The van der Waals surface area contributed by atoms with Gasteiger partial charge in [0.25, 0.3) is 0 Å². The topological polar surface area (TPSA) is 49.3 Å². The number of hydrogen-bond donors (Lipinski definition) is 2. The highest BCUT2D eigenvalue weighted by atomic mass is 32.1. The summed E-state index contributed by atoms with van der Waals surface area (Å²) in [5, 5.41) is 12.4. The van der Waals surface area contributed by atoms with Gasteiger partial charge in [0.05, 0.1) is 0 Å². The zero-order valence-corrected chi connectivity index (χ0v) is 13.0. The lowest BCUT2D eigenvalue weighted by Gasteiger charge is -2.02. The first-order valence-electron chi connectivity index (χ1n) is 6.77. The molecule has 0 unspecified atom stereocenters. The summed E-state index contributed by atoms with van der Waals surface area (Å²) in [4.78, 5) is 15.4. The largest absolute Gasteiger partial charge is 0.477 e. The summed E-state index contributed by atoms with van der Waals surface area (Å²) < 4.78 is 0. The molecule has 5 heteroatoms. The number of fused-ring (bicyclic) bond motifs is 1. The zero-order chi connectivity index (χ0) is 14.1. The van der Waals surface area contributed by atoms with Crippen molar-refractivity contribution < 1.29 is 9.90 Å². The number of carboxylic acid groups (broad SMARTS) is 1. The van der Waals surface area contributed by atoms with Gasteiger partial charge in [0.2, 0.25) is 0 Å². The predicted molar refractivity (Wildman–Crippen MR) is 82.9 cm³/mol. The predicted octanol–water partition coefficient (Wildman–Crippen LogP) is 3.59. The highest BCUT2D eigenvalue weighted by Crippen LogP contribution is 2.30. The highest BCUT2D eigenvalue weighted by molar-refractivity contribution is 7.14. The number of carbonyl (C=O) groups is 1. The van der Waals surface area contributed by atoms with Gasteiger partial charge in [-0.05, 0) is 49.4 Å². The summed E-state index contributed by atoms with van der Waals surface area (Å²) in [6.07, 6.45) is 3.78. The Hall–Kier alpha value is -1.17. The van der Waals surface area contributed by atoms with Gasteiger partial charge < -0.3 is 10.4 Å². The van der Waals surface area contributed by atoms with Crippen LogP contribution in [0, 0.1) is 6.92 Å². The molecule has 0 saturated heterocycles. The van der Waals surface area contributed by atoms with Gasteiger partial charge in [-0.25, -0.2) is 4.79 Å². The standard InChI is InChI=1S/C15H17NO2S2/c1-9-11(6-14(19-9)15(17)18)7-16-8-12-5-10-3-2-4-13(10)20-12/h5-6,16H,2-4,7-8H2,1H3,(H,17,18). The van der Waals surface area contributed by atoms with E-state index in [9.17, 15) is 4.79 Å². The Morgan fingerprint density at radius 3 is 2.85 bits per heavy atom. The molecule has 3 nitrogen and oxygen atoms in total. The number of nitrogens with one attached hydrogen (secondary N) is 1. The molecule has 0 atom stereocenters. The van der Waals surface area contributed by atoms with E-state index in [1.807, 2.05) is 18.3 Å². The van der Waals surface area contributed by atoms with Crippen LogP contribution in [-0.4, -0.2) is 11.1 Å². The van der Waals surface area contributed by atoms with Crippen molar-refractivity contribution in [1.29, 1.82) is 0 Å². The Bertz CT molecular complexity index is 621. The van der Waals surface area contributed by atoms with Gasteiger partial charge in [0.15, 0.2) is 0 Å². The number of aryl methyl sites for hydroxylation is 3. The molecule has 0 spiro atoms. The maximum Gasteiger partial charge on any atom is 0.345 e. The summed E-state index contributed by atoms with van der Waals surface area (Å²) in [6.45, 7) is 3.58. The smallest absolute Gasteiger partial charge is 0.345 e. The molecule has 106 valence electrons. The van der Waals surface area contributed by atoms with Gasteiger partial charge in [-0.1, -0.05) is 0 Å². The molecule has 0 radical (unpaired) electrons. The minimum Gasteiger partial charge on any atom is -0.477 e. The van der Waals surface area contributed by atoms with E-state index < -0.39 is 5.97 Å². The van der Waals surface area contributed by atoms with Crippen LogP contribution in [0.3, 0.4) is 0 Å². The van der Waals surface area contributed by atoms with Crippen molar-refractivity contribution in [2.45, 2.75) is 39.3 Å². The molecule has 0 bridgehead atoms. The summed E-state index contributed by atoms with van der Waals surface area (Å²) in [6, 6.07) is 4.10. The molecule has 0 fully saturated rings. The fourth-order valence-corrected chi connectivity index (χ4v) is 4.71. The second-order valence-corrected chi connectivity index (χ2v) is 7.59. The second kappa shape index (κ2) is 5.68. The van der Waals surface area contributed by atoms with E-state index in [2.05, 4.69) is 11.4 Å². The molecule has 3 rings (SSSR count). The molecule has 2 N–H and O–H groups in total. The van der Waals surface area contributed by atoms with Gasteiger partial charge in [-0.3, -0.25) is 0 Å². The normalized spacial score (nSPS) is 13.7. The van der Waals surface area contributed by atoms with Crippen LogP contribution >= 0.6 is 22.7 Å². The summed E-state index contributed by atoms with van der Waals surface area (Å²) in [7, 11) is 0. The van der Waals surface area contributed by atoms with E-state index >= 15 is 0 Å². The molecular weight excluding hydrogens is 290 g/mol. The van der Waals surface area contributed by atoms with Crippen molar-refractivity contribution in [3.63, 3.8) is 0 Å². The van der Waals surface area contributed by atoms with Crippen LogP contribution in [0.15, 0.2) is 12.1 Å². The Labute approximate surface area is 126 Å². The monoisotopic (exact) mass is 307 g/mol. The van der Waals surface area contributed by atoms with Crippen LogP contribution in [0.4, 0.5) is 0 Å². The van der Waals surface area contributed by atoms with Crippen LogP contribution in [-0.2, 0) is 25.9 Å². The van der Waals surface area contributed by atoms with Gasteiger partial charge in [0.1, 0.15) is 4.88 Å².